The molecular formula is C16H16N2O4S. The van der Waals surface area contributed by atoms with Gasteiger partial charge in [-0.3, -0.25) is 4.79 Å². The number of nitrogens with one attached hydrogen (secondary N) is 1. The van der Waals surface area contributed by atoms with E-state index in [-0.39, 0.29) is 17.2 Å². The van der Waals surface area contributed by atoms with Crippen LogP contribution in [0.1, 0.15) is 57.3 Å². The summed E-state index contributed by atoms with van der Waals surface area (Å²) in [5.74, 6) is -1.55. The molecule has 3 rings (SSSR count). The van der Waals surface area contributed by atoms with Gasteiger partial charge in [0.2, 0.25) is 0 Å². The average Bonchev–Trinajstić information content (AvgIpc) is 3.19. The van der Waals surface area contributed by atoms with Crippen molar-refractivity contribution in [2.45, 2.75) is 31.6 Å². The van der Waals surface area contributed by atoms with Crippen LogP contribution in [0.5, 0.6) is 5.75 Å². The van der Waals surface area contributed by atoms with E-state index in [9.17, 15) is 14.7 Å². The van der Waals surface area contributed by atoms with Crippen molar-refractivity contribution in [1.29, 1.82) is 0 Å². The second-order valence-corrected chi connectivity index (χ2v) is 6.39. The third-order valence-corrected chi connectivity index (χ3v) is 4.87. The molecule has 1 aromatic carbocycles. The predicted octanol–water partition coefficient (Wildman–Crippen LogP) is 3.46. The minimum Gasteiger partial charge on any atom is -0.507 e. The highest BCUT2D eigenvalue weighted by atomic mass is 32.1. The van der Waals surface area contributed by atoms with Gasteiger partial charge >= 0.3 is 5.97 Å². The third kappa shape index (κ3) is 3.19. The molecule has 1 amide bonds. The van der Waals surface area contributed by atoms with E-state index in [1.165, 1.54) is 29.5 Å². The van der Waals surface area contributed by atoms with Crippen LogP contribution in [0.3, 0.4) is 0 Å². The quantitative estimate of drug-likeness (QED) is 0.745. The SMILES string of the molecule is O=C(O)c1cc(NC(=O)c2scnc2C2CCCC2)ccc1O. The molecule has 23 heavy (non-hydrogen) atoms. The summed E-state index contributed by atoms with van der Waals surface area (Å²) in [6.45, 7) is 0. The summed E-state index contributed by atoms with van der Waals surface area (Å²) < 4.78 is 0. The molecule has 1 heterocycles. The van der Waals surface area contributed by atoms with Gasteiger partial charge in [-0.1, -0.05) is 12.8 Å². The number of hydrogen-bond donors (Lipinski definition) is 3. The maximum absolute atomic E-state index is 12.5. The first kappa shape index (κ1) is 15.5. The number of amides is 1. The maximum atomic E-state index is 12.5. The van der Waals surface area contributed by atoms with Gasteiger partial charge in [0.1, 0.15) is 16.2 Å². The van der Waals surface area contributed by atoms with Crippen molar-refractivity contribution in [3.8, 4) is 5.75 Å². The van der Waals surface area contributed by atoms with Crippen LogP contribution in [0, 0.1) is 0 Å². The molecule has 0 bridgehead atoms. The summed E-state index contributed by atoms with van der Waals surface area (Å²) in [5.41, 5.74) is 2.59. The lowest BCUT2D eigenvalue weighted by molar-refractivity contribution is 0.0693. The average molecular weight is 332 g/mol. The van der Waals surface area contributed by atoms with Gasteiger partial charge in [-0.05, 0) is 31.0 Å². The summed E-state index contributed by atoms with van der Waals surface area (Å²) in [7, 11) is 0. The van der Waals surface area contributed by atoms with Crippen molar-refractivity contribution in [3.05, 3.63) is 39.8 Å². The predicted molar refractivity (Wildman–Crippen MR) is 86.3 cm³/mol. The molecule has 3 N–H and O–H groups in total. The van der Waals surface area contributed by atoms with Crippen molar-refractivity contribution in [2.75, 3.05) is 5.32 Å². The molecule has 0 saturated heterocycles. The lowest BCUT2D eigenvalue weighted by atomic mass is 10.0. The van der Waals surface area contributed by atoms with Crippen molar-refractivity contribution < 1.29 is 19.8 Å². The number of carbonyl (C=O) groups is 2. The zero-order chi connectivity index (χ0) is 16.4. The van der Waals surface area contributed by atoms with Crippen LogP contribution >= 0.6 is 11.3 Å². The molecular weight excluding hydrogens is 316 g/mol. The van der Waals surface area contributed by atoms with Crippen LogP contribution in [-0.4, -0.2) is 27.1 Å². The highest BCUT2D eigenvalue weighted by molar-refractivity contribution is 7.12. The molecule has 1 aliphatic rings. The van der Waals surface area contributed by atoms with Gasteiger partial charge in [0.25, 0.3) is 5.91 Å². The fourth-order valence-electron chi connectivity index (χ4n) is 2.89. The van der Waals surface area contributed by atoms with E-state index < -0.39 is 5.97 Å². The topological polar surface area (TPSA) is 99.5 Å². The van der Waals surface area contributed by atoms with E-state index in [0.717, 1.165) is 31.4 Å². The molecule has 6 nitrogen and oxygen atoms in total. The number of hydrogen-bond acceptors (Lipinski definition) is 5. The maximum Gasteiger partial charge on any atom is 0.339 e. The Bertz CT molecular complexity index is 750. The summed E-state index contributed by atoms with van der Waals surface area (Å²) in [6.07, 6.45) is 4.41. The minimum atomic E-state index is -1.25. The first-order valence-corrected chi connectivity index (χ1v) is 8.25. The Labute approximate surface area is 136 Å². The highest BCUT2D eigenvalue weighted by Crippen LogP contribution is 2.36. The number of thiazole rings is 1. The van der Waals surface area contributed by atoms with Crippen molar-refractivity contribution >= 4 is 28.9 Å². The summed E-state index contributed by atoms with van der Waals surface area (Å²) in [5, 5.41) is 21.2. The van der Waals surface area contributed by atoms with Crippen molar-refractivity contribution in [1.82, 2.24) is 4.98 Å². The van der Waals surface area contributed by atoms with Gasteiger partial charge in [-0.15, -0.1) is 11.3 Å². The first-order valence-electron chi connectivity index (χ1n) is 7.37. The molecule has 1 aliphatic carbocycles. The van der Waals surface area contributed by atoms with Crippen LogP contribution in [-0.2, 0) is 0 Å². The third-order valence-electron chi connectivity index (χ3n) is 4.03. The molecule has 1 aromatic heterocycles. The second-order valence-electron chi connectivity index (χ2n) is 5.54. The number of benzene rings is 1. The monoisotopic (exact) mass is 332 g/mol. The van der Waals surface area contributed by atoms with Crippen LogP contribution in [0.15, 0.2) is 23.7 Å². The lowest BCUT2D eigenvalue weighted by Gasteiger charge is -2.10. The van der Waals surface area contributed by atoms with E-state index in [1.54, 1.807) is 5.51 Å². The summed E-state index contributed by atoms with van der Waals surface area (Å²) in [4.78, 5) is 28.4. The molecule has 0 aliphatic heterocycles. The van der Waals surface area contributed by atoms with E-state index in [1.807, 2.05) is 0 Å². The van der Waals surface area contributed by atoms with Crippen LogP contribution < -0.4 is 5.32 Å². The van der Waals surface area contributed by atoms with Crippen molar-refractivity contribution in [2.24, 2.45) is 0 Å². The van der Waals surface area contributed by atoms with Gasteiger partial charge in [0.05, 0.1) is 11.2 Å². The minimum absolute atomic E-state index is 0.247. The highest BCUT2D eigenvalue weighted by Gasteiger charge is 2.25. The van der Waals surface area contributed by atoms with Gasteiger partial charge in [0.15, 0.2) is 0 Å². The van der Waals surface area contributed by atoms with Gasteiger partial charge < -0.3 is 15.5 Å². The molecule has 1 saturated carbocycles. The fraction of sp³-hybridized carbons (Fsp3) is 0.312. The number of aromatic nitrogens is 1. The number of aromatic carboxylic acids is 1. The Morgan fingerprint density at radius 2 is 2.00 bits per heavy atom. The zero-order valence-electron chi connectivity index (χ0n) is 12.3. The number of nitrogens with zero attached hydrogens (tertiary/aromatic N) is 1. The Hall–Kier alpha value is -2.41. The van der Waals surface area contributed by atoms with Crippen LogP contribution in [0.2, 0.25) is 0 Å². The molecule has 7 heteroatoms. The number of phenols is 1. The molecule has 0 unspecified atom stereocenters. The summed E-state index contributed by atoms with van der Waals surface area (Å²) in [6, 6.07) is 3.96. The second kappa shape index (κ2) is 6.37. The molecule has 1 fully saturated rings. The van der Waals surface area contributed by atoms with Gasteiger partial charge in [-0.25, -0.2) is 9.78 Å². The number of carboxylic acids is 1. The number of carbonyl (C=O) groups excluding carboxylic acids is 1. The Morgan fingerprint density at radius 3 is 2.70 bits per heavy atom. The zero-order valence-corrected chi connectivity index (χ0v) is 13.1. The number of anilines is 1. The van der Waals surface area contributed by atoms with E-state index in [2.05, 4.69) is 10.3 Å². The van der Waals surface area contributed by atoms with Gasteiger partial charge in [-0.2, -0.15) is 0 Å². The molecule has 0 radical (unpaired) electrons. The largest absolute Gasteiger partial charge is 0.507 e. The molecule has 0 atom stereocenters. The first-order chi connectivity index (χ1) is 11.1. The normalized spacial score (nSPS) is 14.8. The van der Waals surface area contributed by atoms with Crippen LogP contribution in [0.25, 0.3) is 0 Å². The number of rotatable bonds is 4. The fourth-order valence-corrected chi connectivity index (χ4v) is 3.66. The molecule has 0 spiro atoms. The van der Waals surface area contributed by atoms with Crippen molar-refractivity contribution in [3.63, 3.8) is 0 Å². The van der Waals surface area contributed by atoms with Crippen LogP contribution in [0.4, 0.5) is 5.69 Å². The van der Waals surface area contributed by atoms with E-state index in [0.29, 0.717) is 16.5 Å². The Morgan fingerprint density at radius 1 is 1.26 bits per heavy atom. The lowest BCUT2D eigenvalue weighted by Crippen LogP contribution is -2.14. The Balaban J connectivity index is 1.81. The standard InChI is InChI=1S/C16H16N2O4S/c19-12-6-5-10(7-11(12)16(21)22)18-15(20)14-13(17-8-23-14)9-3-1-2-4-9/h5-9,19H,1-4H2,(H,18,20)(H,21,22). The van der Waals surface area contributed by atoms with Gasteiger partial charge in [0, 0.05) is 11.6 Å². The Kier molecular flexibility index (Phi) is 4.29. The van der Waals surface area contributed by atoms with E-state index >= 15 is 0 Å². The number of carboxylic acid groups (broad SMARTS) is 1. The number of aromatic hydroxyl groups is 1. The molecule has 120 valence electrons. The smallest absolute Gasteiger partial charge is 0.339 e. The van der Waals surface area contributed by atoms with E-state index in [4.69, 9.17) is 5.11 Å². The summed E-state index contributed by atoms with van der Waals surface area (Å²) >= 11 is 1.29. The molecule has 2 aromatic rings.